The van der Waals surface area contributed by atoms with Crippen LogP contribution in [0.3, 0.4) is 0 Å². The molecule has 1 heterocycles. The molecular formula is C15H22N2O. The number of rotatable bonds is 4. The summed E-state index contributed by atoms with van der Waals surface area (Å²) >= 11 is 0. The minimum absolute atomic E-state index is 0.141. The molecule has 1 aromatic rings. The van der Waals surface area contributed by atoms with Crippen molar-refractivity contribution in [1.82, 2.24) is 10.6 Å². The zero-order valence-electron chi connectivity index (χ0n) is 11.0. The van der Waals surface area contributed by atoms with Gasteiger partial charge in [0, 0.05) is 13.5 Å². The van der Waals surface area contributed by atoms with E-state index in [1.54, 1.807) is 7.05 Å². The molecule has 0 saturated carbocycles. The molecule has 0 spiro atoms. The highest BCUT2D eigenvalue weighted by Gasteiger charge is 2.26. The van der Waals surface area contributed by atoms with Gasteiger partial charge in [-0.05, 0) is 43.3 Å². The van der Waals surface area contributed by atoms with E-state index in [0.717, 1.165) is 25.9 Å². The zero-order chi connectivity index (χ0) is 12.8. The van der Waals surface area contributed by atoms with Crippen molar-refractivity contribution >= 4 is 5.91 Å². The number of carbonyl (C=O) groups excluding carboxylic acids is 1. The molecule has 1 atom stereocenters. The van der Waals surface area contributed by atoms with Crippen LogP contribution in [-0.2, 0) is 4.79 Å². The van der Waals surface area contributed by atoms with Crippen LogP contribution in [0.5, 0.6) is 0 Å². The van der Waals surface area contributed by atoms with Gasteiger partial charge in [-0.3, -0.25) is 4.79 Å². The third-order valence-corrected chi connectivity index (χ3v) is 3.86. The molecular weight excluding hydrogens is 224 g/mol. The summed E-state index contributed by atoms with van der Waals surface area (Å²) in [6, 6.07) is 10.5. The lowest BCUT2D eigenvalue weighted by molar-refractivity contribution is -0.121. The highest BCUT2D eigenvalue weighted by molar-refractivity contribution is 5.76. The summed E-state index contributed by atoms with van der Waals surface area (Å²) in [6.45, 7) is 2.14. The van der Waals surface area contributed by atoms with Gasteiger partial charge in [0.25, 0.3) is 0 Å². The largest absolute Gasteiger partial charge is 0.359 e. The predicted octanol–water partition coefficient (Wildman–Crippen LogP) is 1.91. The second-order valence-electron chi connectivity index (χ2n) is 4.98. The van der Waals surface area contributed by atoms with Crippen LogP contribution in [0.4, 0.5) is 0 Å². The number of nitrogens with one attached hydrogen (secondary N) is 2. The molecule has 18 heavy (non-hydrogen) atoms. The predicted molar refractivity (Wildman–Crippen MR) is 73.5 cm³/mol. The van der Waals surface area contributed by atoms with Gasteiger partial charge in [0.05, 0.1) is 0 Å². The van der Waals surface area contributed by atoms with Crippen molar-refractivity contribution in [3.05, 3.63) is 35.9 Å². The van der Waals surface area contributed by atoms with Crippen LogP contribution in [0, 0.1) is 5.92 Å². The van der Waals surface area contributed by atoms with Gasteiger partial charge in [-0.1, -0.05) is 30.3 Å². The smallest absolute Gasteiger partial charge is 0.220 e. The Kier molecular flexibility index (Phi) is 4.76. The van der Waals surface area contributed by atoms with E-state index in [-0.39, 0.29) is 5.91 Å². The number of amides is 1. The average molecular weight is 246 g/mol. The molecule has 0 radical (unpaired) electrons. The first-order valence-corrected chi connectivity index (χ1v) is 6.77. The minimum atomic E-state index is 0.141. The standard InChI is InChI=1S/C15H22N2O/c1-16-15(18)11-14(12-5-3-2-4-6-12)13-7-9-17-10-8-13/h2-6,13-14,17H,7-11H2,1H3,(H,16,18). The van der Waals surface area contributed by atoms with E-state index >= 15 is 0 Å². The van der Waals surface area contributed by atoms with E-state index in [1.807, 2.05) is 6.07 Å². The summed E-state index contributed by atoms with van der Waals surface area (Å²) in [5.41, 5.74) is 1.30. The Morgan fingerprint density at radius 3 is 2.61 bits per heavy atom. The average Bonchev–Trinajstić information content (AvgIpc) is 2.46. The number of piperidine rings is 1. The molecule has 1 fully saturated rings. The molecule has 1 aliphatic heterocycles. The second-order valence-corrected chi connectivity index (χ2v) is 4.98. The van der Waals surface area contributed by atoms with Crippen LogP contribution < -0.4 is 10.6 Å². The third-order valence-electron chi connectivity index (χ3n) is 3.86. The molecule has 0 aliphatic carbocycles. The van der Waals surface area contributed by atoms with Crippen molar-refractivity contribution in [3.63, 3.8) is 0 Å². The fraction of sp³-hybridized carbons (Fsp3) is 0.533. The monoisotopic (exact) mass is 246 g/mol. The summed E-state index contributed by atoms with van der Waals surface area (Å²) in [6.07, 6.45) is 2.93. The summed E-state index contributed by atoms with van der Waals surface area (Å²) in [4.78, 5) is 11.7. The molecule has 2 rings (SSSR count). The second kappa shape index (κ2) is 6.55. The van der Waals surface area contributed by atoms with Gasteiger partial charge in [0.2, 0.25) is 5.91 Å². The molecule has 1 amide bonds. The van der Waals surface area contributed by atoms with Gasteiger partial charge < -0.3 is 10.6 Å². The Labute approximate surface area is 109 Å². The fourth-order valence-electron chi connectivity index (χ4n) is 2.81. The third kappa shape index (κ3) is 3.33. The first-order valence-electron chi connectivity index (χ1n) is 6.77. The first kappa shape index (κ1) is 13.1. The van der Waals surface area contributed by atoms with Gasteiger partial charge in [-0.2, -0.15) is 0 Å². The molecule has 1 aliphatic rings. The van der Waals surface area contributed by atoms with Crippen LogP contribution in [0.1, 0.15) is 30.7 Å². The Balaban J connectivity index is 2.14. The van der Waals surface area contributed by atoms with Gasteiger partial charge >= 0.3 is 0 Å². The maximum absolute atomic E-state index is 11.7. The maximum atomic E-state index is 11.7. The number of hydrogen-bond acceptors (Lipinski definition) is 2. The van der Waals surface area contributed by atoms with Crippen molar-refractivity contribution in [2.75, 3.05) is 20.1 Å². The van der Waals surface area contributed by atoms with Crippen molar-refractivity contribution in [2.24, 2.45) is 5.92 Å². The van der Waals surface area contributed by atoms with Crippen molar-refractivity contribution < 1.29 is 4.79 Å². The van der Waals surface area contributed by atoms with Crippen LogP contribution >= 0.6 is 0 Å². The van der Waals surface area contributed by atoms with E-state index in [4.69, 9.17) is 0 Å². The van der Waals surface area contributed by atoms with Crippen LogP contribution in [0.15, 0.2) is 30.3 Å². The molecule has 1 saturated heterocycles. The number of benzene rings is 1. The summed E-state index contributed by atoms with van der Waals surface area (Å²) < 4.78 is 0. The Morgan fingerprint density at radius 1 is 1.33 bits per heavy atom. The quantitative estimate of drug-likeness (QED) is 0.852. The van der Waals surface area contributed by atoms with E-state index < -0.39 is 0 Å². The van der Waals surface area contributed by atoms with Crippen molar-refractivity contribution in [3.8, 4) is 0 Å². The van der Waals surface area contributed by atoms with E-state index in [2.05, 4.69) is 34.9 Å². The molecule has 3 heteroatoms. The molecule has 0 bridgehead atoms. The summed E-state index contributed by atoms with van der Waals surface area (Å²) in [5, 5.41) is 6.14. The molecule has 3 nitrogen and oxygen atoms in total. The summed E-state index contributed by atoms with van der Waals surface area (Å²) in [7, 11) is 1.72. The first-order chi connectivity index (χ1) is 8.81. The van der Waals surface area contributed by atoms with Gasteiger partial charge in [-0.25, -0.2) is 0 Å². The highest BCUT2D eigenvalue weighted by Crippen LogP contribution is 2.33. The SMILES string of the molecule is CNC(=O)CC(c1ccccc1)C1CCNCC1. The Morgan fingerprint density at radius 2 is 2.00 bits per heavy atom. The van der Waals surface area contributed by atoms with Gasteiger partial charge in [-0.15, -0.1) is 0 Å². The van der Waals surface area contributed by atoms with Gasteiger partial charge in [0.15, 0.2) is 0 Å². The fourth-order valence-corrected chi connectivity index (χ4v) is 2.81. The lowest BCUT2D eigenvalue weighted by Gasteiger charge is -2.30. The normalized spacial score (nSPS) is 18.3. The molecule has 2 N–H and O–H groups in total. The Hall–Kier alpha value is -1.35. The number of hydrogen-bond donors (Lipinski definition) is 2. The van der Waals surface area contributed by atoms with Crippen LogP contribution in [-0.4, -0.2) is 26.0 Å². The summed E-state index contributed by atoms with van der Waals surface area (Å²) in [5.74, 6) is 1.11. The van der Waals surface area contributed by atoms with E-state index in [0.29, 0.717) is 18.3 Å². The lowest BCUT2D eigenvalue weighted by Crippen LogP contribution is -2.33. The number of carbonyl (C=O) groups is 1. The van der Waals surface area contributed by atoms with Crippen molar-refractivity contribution in [2.45, 2.75) is 25.2 Å². The lowest BCUT2D eigenvalue weighted by atomic mass is 9.78. The van der Waals surface area contributed by atoms with Crippen molar-refractivity contribution in [1.29, 1.82) is 0 Å². The topological polar surface area (TPSA) is 41.1 Å². The van der Waals surface area contributed by atoms with E-state index in [1.165, 1.54) is 5.56 Å². The van der Waals surface area contributed by atoms with Crippen LogP contribution in [0.25, 0.3) is 0 Å². The highest BCUT2D eigenvalue weighted by atomic mass is 16.1. The molecule has 1 aromatic carbocycles. The van der Waals surface area contributed by atoms with Crippen LogP contribution in [0.2, 0.25) is 0 Å². The molecule has 0 aromatic heterocycles. The maximum Gasteiger partial charge on any atom is 0.220 e. The Bertz CT molecular complexity index is 371. The minimum Gasteiger partial charge on any atom is -0.359 e. The zero-order valence-corrected chi connectivity index (χ0v) is 11.0. The van der Waals surface area contributed by atoms with E-state index in [9.17, 15) is 4.79 Å². The molecule has 1 unspecified atom stereocenters. The molecule has 98 valence electrons. The van der Waals surface area contributed by atoms with Gasteiger partial charge in [0.1, 0.15) is 0 Å².